The monoisotopic (exact) mass is 509 g/mol. The first-order chi connectivity index (χ1) is 17.4. The van der Waals surface area contributed by atoms with Gasteiger partial charge in [-0.15, -0.1) is 0 Å². The summed E-state index contributed by atoms with van der Waals surface area (Å²) in [6, 6.07) is 4.07. The van der Waals surface area contributed by atoms with Gasteiger partial charge in [-0.05, 0) is 39.2 Å². The van der Waals surface area contributed by atoms with Crippen LogP contribution in [0.2, 0.25) is 0 Å². The van der Waals surface area contributed by atoms with E-state index in [1.165, 1.54) is 12.4 Å². The van der Waals surface area contributed by atoms with Gasteiger partial charge >= 0.3 is 0 Å². The maximum Gasteiger partial charge on any atom is 0.256 e. The van der Waals surface area contributed by atoms with E-state index in [1.807, 2.05) is 10.7 Å². The van der Waals surface area contributed by atoms with Gasteiger partial charge in [0.2, 0.25) is 0 Å². The highest BCUT2D eigenvalue weighted by molar-refractivity contribution is 7.90. The molecule has 5 heterocycles. The molecule has 1 atom stereocenters. The fourth-order valence-corrected chi connectivity index (χ4v) is 5.70. The van der Waals surface area contributed by atoms with Crippen molar-refractivity contribution in [3.63, 3.8) is 0 Å². The zero-order chi connectivity index (χ0) is 24.9. The fraction of sp³-hybridized carbons (Fsp3) is 0.435. The summed E-state index contributed by atoms with van der Waals surface area (Å²) in [6.45, 7) is 5.60. The summed E-state index contributed by atoms with van der Waals surface area (Å²) < 4.78 is 33.4. The van der Waals surface area contributed by atoms with Gasteiger partial charge in [-0.1, -0.05) is 0 Å². The van der Waals surface area contributed by atoms with E-state index >= 15 is 0 Å². The number of rotatable bonds is 8. The third-order valence-corrected chi connectivity index (χ3v) is 8.32. The molecule has 4 aromatic rings. The molecular weight excluding hydrogens is 482 g/mol. The van der Waals surface area contributed by atoms with Crippen molar-refractivity contribution in [1.82, 2.24) is 33.9 Å². The summed E-state index contributed by atoms with van der Waals surface area (Å²) in [6.07, 6.45) is 8.64. The smallest absolute Gasteiger partial charge is 0.256 e. The standard InChI is InChI=1S/C23H27N9O3S/c1-14(2)32-19-9-21(25-11-18(19)23(30-32)27-16-6-8-35-13-16)28-20-5-7-24-22(29-20)15-10-26-31(12-15)36(33,34)17-3-4-17/h5,7,9-12,14,16-17H,3-4,6,8,13H2,1-2H3,(H,27,30)(H,24,25,28,29)/t16-/m1/s1. The average molecular weight is 510 g/mol. The van der Waals surface area contributed by atoms with Crippen molar-refractivity contribution >= 4 is 38.4 Å². The zero-order valence-electron chi connectivity index (χ0n) is 20.0. The fourth-order valence-electron chi connectivity index (χ4n) is 4.22. The topological polar surface area (TPSA) is 142 Å². The minimum absolute atomic E-state index is 0.159. The second kappa shape index (κ2) is 8.82. The molecule has 0 spiro atoms. The first-order valence-corrected chi connectivity index (χ1v) is 13.5. The van der Waals surface area contributed by atoms with Gasteiger partial charge in [-0.2, -0.15) is 14.3 Å². The lowest BCUT2D eigenvalue weighted by Gasteiger charge is -2.09. The van der Waals surface area contributed by atoms with Gasteiger partial charge in [0.1, 0.15) is 11.6 Å². The molecule has 0 aromatic carbocycles. The largest absolute Gasteiger partial charge is 0.379 e. The third kappa shape index (κ3) is 4.28. The Hall–Kier alpha value is -3.58. The Bertz CT molecular complexity index is 1520. The number of ether oxygens (including phenoxy) is 1. The van der Waals surface area contributed by atoms with E-state index in [9.17, 15) is 8.42 Å². The average Bonchev–Trinajstić information content (AvgIpc) is 3.25. The van der Waals surface area contributed by atoms with Crippen LogP contribution in [0.4, 0.5) is 17.5 Å². The molecule has 12 nitrogen and oxygen atoms in total. The van der Waals surface area contributed by atoms with Crippen LogP contribution in [0.25, 0.3) is 22.3 Å². The number of aromatic nitrogens is 7. The predicted molar refractivity (Wildman–Crippen MR) is 135 cm³/mol. The molecular formula is C23H27N9O3S. The normalized spacial score (nSPS) is 18.2. The van der Waals surface area contributed by atoms with E-state index in [1.54, 1.807) is 18.5 Å². The van der Waals surface area contributed by atoms with Crippen LogP contribution in [0.5, 0.6) is 0 Å². The molecule has 36 heavy (non-hydrogen) atoms. The van der Waals surface area contributed by atoms with Gasteiger partial charge in [0, 0.05) is 31.1 Å². The van der Waals surface area contributed by atoms with Gasteiger partial charge in [0.05, 0.1) is 46.8 Å². The van der Waals surface area contributed by atoms with Gasteiger partial charge in [-0.3, -0.25) is 4.68 Å². The Balaban J connectivity index is 1.26. The minimum Gasteiger partial charge on any atom is -0.379 e. The molecule has 13 heteroatoms. The summed E-state index contributed by atoms with van der Waals surface area (Å²) in [4.78, 5) is 13.4. The number of hydrogen-bond donors (Lipinski definition) is 2. The maximum absolute atomic E-state index is 12.4. The van der Waals surface area contributed by atoms with Gasteiger partial charge < -0.3 is 15.4 Å². The van der Waals surface area contributed by atoms with Crippen LogP contribution in [0, 0.1) is 0 Å². The SMILES string of the molecule is CC(C)n1nc(N[C@@H]2CCOC2)c2cnc(Nc3ccnc(-c4cnn(S(=O)(=O)C5CC5)c4)n3)cc21. The number of anilines is 3. The van der Waals surface area contributed by atoms with E-state index < -0.39 is 10.0 Å². The van der Waals surface area contributed by atoms with E-state index in [0.717, 1.165) is 33.8 Å². The highest BCUT2D eigenvalue weighted by Crippen LogP contribution is 2.31. The zero-order valence-corrected chi connectivity index (χ0v) is 20.8. The van der Waals surface area contributed by atoms with Crippen LogP contribution < -0.4 is 10.6 Å². The number of nitrogens with zero attached hydrogens (tertiary/aromatic N) is 7. The summed E-state index contributed by atoms with van der Waals surface area (Å²) in [5, 5.41) is 16.1. The molecule has 188 valence electrons. The molecule has 0 amide bonds. The van der Waals surface area contributed by atoms with Crippen molar-refractivity contribution in [2.45, 2.75) is 50.4 Å². The van der Waals surface area contributed by atoms with E-state index in [2.05, 4.69) is 44.5 Å². The maximum atomic E-state index is 12.4. The highest BCUT2D eigenvalue weighted by atomic mass is 32.2. The van der Waals surface area contributed by atoms with E-state index in [0.29, 0.717) is 42.5 Å². The summed E-state index contributed by atoms with van der Waals surface area (Å²) in [5.74, 6) is 2.31. The molecule has 4 aromatic heterocycles. The van der Waals surface area contributed by atoms with Crippen LogP contribution in [-0.2, 0) is 14.8 Å². The Morgan fingerprint density at radius 2 is 2.00 bits per heavy atom. The quantitative estimate of drug-likeness (QED) is 0.364. The summed E-state index contributed by atoms with van der Waals surface area (Å²) in [7, 11) is -3.45. The van der Waals surface area contributed by atoms with Gasteiger partial charge in [0.25, 0.3) is 10.0 Å². The lowest BCUT2D eigenvalue weighted by Crippen LogP contribution is -2.19. The van der Waals surface area contributed by atoms with Crippen molar-refractivity contribution in [2.75, 3.05) is 23.8 Å². The van der Waals surface area contributed by atoms with Gasteiger partial charge in [-0.25, -0.2) is 23.4 Å². The molecule has 1 aliphatic carbocycles. The molecule has 1 saturated heterocycles. The highest BCUT2D eigenvalue weighted by Gasteiger charge is 2.37. The van der Waals surface area contributed by atoms with Crippen LogP contribution >= 0.6 is 0 Å². The van der Waals surface area contributed by atoms with E-state index in [4.69, 9.17) is 9.84 Å². The Labute approximate surface area is 208 Å². The van der Waals surface area contributed by atoms with Crippen molar-refractivity contribution < 1.29 is 13.2 Å². The lowest BCUT2D eigenvalue weighted by atomic mass is 10.2. The Morgan fingerprint density at radius 1 is 1.14 bits per heavy atom. The Morgan fingerprint density at radius 3 is 2.75 bits per heavy atom. The second-order valence-electron chi connectivity index (χ2n) is 9.41. The number of nitrogens with one attached hydrogen (secondary N) is 2. The van der Waals surface area contributed by atoms with Crippen molar-refractivity contribution in [1.29, 1.82) is 0 Å². The molecule has 1 saturated carbocycles. The van der Waals surface area contributed by atoms with E-state index in [-0.39, 0.29) is 17.3 Å². The summed E-state index contributed by atoms with van der Waals surface area (Å²) in [5.41, 5.74) is 1.47. The van der Waals surface area contributed by atoms with Crippen molar-refractivity contribution in [3.8, 4) is 11.4 Å². The molecule has 2 N–H and O–H groups in total. The molecule has 2 aliphatic rings. The van der Waals surface area contributed by atoms with Crippen LogP contribution in [-0.4, -0.2) is 66.8 Å². The second-order valence-corrected chi connectivity index (χ2v) is 11.5. The molecule has 1 aliphatic heterocycles. The minimum atomic E-state index is -3.45. The lowest BCUT2D eigenvalue weighted by molar-refractivity contribution is 0.195. The first-order valence-electron chi connectivity index (χ1n) is 12.0. The number of pyridine rings is 1. The predicted octanol–water partition coefficient (Wildman–Crippen LogP) is 2.95. The Kier molecular flexibility index (Phi) is 5.60. The molecule has 6 rings (SSSR count). The molecule has 0 unspecified atom stereocenters. The van der Waals surface area contributed by atoms with Crippen molar-refractivity contribution in [2.24, 2.45) is 0 Å². The number of hydrogen-bond acceptors (Lipinski definition) is 10. The number of fused-ring (bicyclic) bond motifs is 1. The van der Waals surface area contributed by atoms with Crippen LogP contribution in [0.1, 0.15) is 39.2 Å². The molecule has 0 radical (unpaired) electrons. The molecule has 2 fully saturated rings. The van der Waals surface area contributed by atoms with Crippen molar-refractivity contribution in [3.05, 3.63) is 36.9 Å². The van der Waals surface area contributed by atoms with Gasteiger partial charge in [0.15, 0.2) is 11.6 Å². The summed E-state index contributed by atoms with van der Waals surface area (Å²) >= 11 is 0. The first kappa shape index (κ1) is 22.9. The molecule has 0 bridgehead atoms. The van der Waals surface area contributed by atoms with Crippen LogP contribution in [0.3, 0.4) is 0 Å². The van der Waals surface area contributed by atoms with Crippen LogP contribution in [0.15, 0.2) is 36.9 Å². The third-order valence-electron chi connectivity index (χ3n) is 6.29.